The number of hydrogen-bond acceptors (Lipinski definition) is 0. The van der Waals surface area contributed by atoms with Crippen LogP contribution in [0.25, 0.3) is 0 Å². The minimum atomic E-state index is -4.11. The summed E-state index contributed by atoms with van der Waals surface area (Å²) in [6.07, 6.45) is -0.702. The molecule has 0 aromatic rings. The van der Waals surface area contributed by atoms with Gasteiger partial charge >= 0.3 is 6.18 Å². The van der Waals surface area contributed by atoms with Crippen LogP contribution < -0.4 is 0 Å². The lowest BCUT2D eigenvalue weighted by atomic mass is 10.4. The van der Waals surface area contributed by atoms with Crippen LogP contribution in [0.1, 0.15) is 12.8 Å². The molecule has 0 unspecified atom stereocenters. The SMILES string of the molecule is FC(F)(F)/C=C/C1CC1. The Morgan fingerprint density at radius 2 is 1.78 bits per heavy atom. The van der Waals surface area contributed by atoms with E-state index in [-0.39, 0.29) is 5.92 Å². The molecular weight excluding hydrogens is 129 g/mol. The molecule has 3 heteroatoms. The van der Waals surface area contributed by atoms with Crippen LogP contribution in [0.5, 0.6) is 0 Å². The zero-order chi connectivity index (χ0) is 6.91. The Labute approximate surface area is 51.4 Å². The van der Waals surface area contributed by atoms with Crippen LogP contribution in [0, 0.1) is 5.92 Å². The summed E-state index contributed by atoms with van der Waals surface area (Å²) < 4.78 is 34.1. The molecule has 1 aliphatic rings. The van der Waals surface area contributed by atoms with Crippen molar-refractivity contribution < 1.29 is 13.2 Å². The summed E-state index contributed by atoms with van der Waals surface area (Å²) in [5, 5.41) is 0. The fourth-order valence-electron chi connectivity index (χ4n) is 0.534. The number of hydrogen-bond donors (Lipinski definition) is 0. The molecular formula is C6H7F3. The van der Waals surface area contributed by atoms with Crippen LogP contribution in [-0.2, 0) is 0 Å². The number of rotatable bonds is 1. The van der Waals surface area contributed by atoms with Crippen LogP contribution in [0.2, 0.25) is 0 Å². The fraction of sp³-hybridized carbons (Fsp3) is 0.667. The number of halogens is 3. The Hall–Kier alpha value is -0.470. The van der Waals surface area contributed by atoms with E-state index in [4.69, 9.17) is 0 Å². The zero-order valence-electron chi connectivity index (χ0n) is 4.78. The largest absolute Gasteiger partial charge is 0.409 e. The molecule has 1 fully saturated rings. The highest BCUT2D eigenvalue weighted by Gasteiger charge is 2.25. The first-order valence-electron chi connectivity index (χ1n) is 2.84. The average molecular weight is 136 g/mol. The molecule has 0 bridgehead atoms. The van der Waals surface area contributed by atoms with Crippen molar-refractivity contribution in [1.82, 2.24) is 0 Å². The van der Waals surface area contributed by atoms with Gasteiger partial charge in [-0.25, -0.2) is 0 Å². The van der Waals surface area contributed by atoms with Crippen LogP contribution in [-0.4, -0.2) is 6.18 Å². The lowest BCUT2D eigenvalue weighted by Gasteiger charge is -1.95. The highest BCUT2D eigenvalue weighted by molar-refractivity contribution is 4.99. The Morgan fingerprint density at radius 1 is 1.22 bits per heavy atom. The third-order valence-electron chi connectivity index (χ3n) is 1.18. The number of allylic oxidation sites excluding steroid dienone is 2. The topological polar surface area (TPSA) is 0 Å². The van der Waals surface area contributed by atoms with Crippen LogP contribution in [0.3, 0.4) is 0 Å². The van der Waals surface area contributed by atoms with Crippen molar-refractivity contribution in [1.29, 1.82) is 0 Å². The summed E-state index contributed by atoms with van der Waals surface area (Å²) in [5.74, 6) is 0.214. The summed E-state index contributed by atoms with van der Waals surface area (Å²) in [5.41, 5.74) is 0. The van der Waals surface area contributed by atoms with Crippen molar-refractivity contribution in [2.75, 3.05) is 0 Å². The summed E-state index contributed by atoms with van der Waals surface area (Å²) in [7, 11) is 0. The normalized spacial score (nSPS) is 21.2. The highest BCUT2D eigenvalue weighted by Crippen LogP contribution is 2.31. The Kier molecular flexibility index (Phi) is 1.51. The smallest absolute Gasteiger partial charge is 0.167 e. The van der Waals surface area contributed by atoms with Crippen molar-refractivity contribution in [3.8, 4) is 0 Å². The maximum absolute atomic E-state index is 11.4. The second-order valence-electron chi connectivity index (χ2n) is 2.24. The molecule has 9 heavy (non-hydrogen) atoms. The monoisotopic (exact) mass is 136 g/mol. The van der Waals surface area contributed by atoms with Gasteiger partial charge in [-0.3, -0.25) is 0 Å². The van der Waals surface area contributed by atoms with Gasteiger partial charge in [-0.15, -0.1) is 0 Å². The average Bonchev–Trinajstić information content (AvgIpc) is 2.38. The molecule has 0 saturated heterocycles. The molecule has 0 N–H and O–H groups in total. The zero-order valence-corrected chi connectivity index (χ0v) is 4.78. The molecule has 0 nitrogen and oxygen atoms in total. The summed E-state index contributed by atoms with van der Waals surface area (Å²) in [6, 6.07) is 0. The highest BCUT2D eigenvalue weighted by atomic mass is 19.4. The van der Waals surface area contributed by atoms with Crippen molar-refractivity contribution in [2.45, 2.75) is 19.0 Å². The molecule has 0 aromatic carbocycles. The maximum Gasteiger partial charge on any atom is 0.409 e. The molecule has 0 aliphatic heterocycles. The van der Waals surface area contributed by atoms with Crippen molar-refractivity contribution in [3.63, 3.8) is 0 Å². The van der Waals surface area contributed by atoms with E-state index in [1.165, 1.54) is 6.08 Å². The third kappa shape index (κ3) is 3.16. The third-order valence-corrected chi connectivity index (χ3v) is 1.18. The summed E-state index contributed by atoms with van der Waals surface area (Å²) in [6.45, 7) is 0. The molecule has 0 atom stereocenters. The predicted octanol–water partition coefficient (Wildman–Crippen LogP) is 2.51. The van der Waals surface area contributed by atoms with E-state index >= 15 is 0 Å². The Morgan fingerprint density at radius 3 is 2.11 bits per heavy atom. The second kappa shape index (κ2) is 2.05. The minimum Gasteiger partial charge on any atom is -0.167 e. The van der Waals surface area contributed by atoms with Crippen molar-refractivity contribution in [3.05, 3.63) is 12.2 Å². The lowest BCUT2D eigenvalue weighted by molar-refractivity contribution is -0.0801. The van der Waals surface area contributed by atoms with E-state index in [1.807, 2.05) is 0 Å². The molecule has 1 aliphatic carbocycles. The summed E-state index contributed by atoms with van der Waals surface area (Å²) >= 11 is 0. The molecule has 1 rings (SSSR count). The van der Waals surface area contributed by atoms with Crippen LogP contribution in [0.4, 0.5) is 13.2 Å². The molecule has 0 aromatic heterocycles. The molecule has 52 valence electrons. The first kappa shape index (κ1) is 6.65. The van der Waals surface area contributed by atoms with Crippen molar-refractivity contribution >= 4 is 0 Å². The van der Waals surface area contributed by atoms with E-state index in [1.54, 1.807) is 0 Å². The fourth-order valence-corrected chi connectivity index (χ4v) is 0.534. The predicted molar refractivity (Wildman–Crippen MR) is 27.9 cm³/mol. The van der Waals surface area contributed by atoms with Gasteiger partial charge in [-0.2, -0.15) is 13.2 Å². The van der Waals surface area contributed by atoms with Crippen LogP contribution >= 0.6 is 0 Å². The minimum absolute atomic E-state index is 0.214. The van der Waals surface area contributed by atoms with E-state index in [0.29, 0.717) is 6.08 Å². The lowest BCUT2D eigenvalue weighted by Crippen LogP contribution is -2.00. The quantitative estimate of drug-likeness (QED) is 0.486. The standard InChI is InChI=1S/C6H7F3/c7-6(8,9)4-3-5-1-2-5/h3-5H,1-2H2/b4-3+. The van der Waals surface area contributed by atoms with Gasteiger partial charge in [0, 0.05) is 6.08 Å². The molecule has 1 saturated carbocycles. The van der Waals surface area contributed by atoms with Gasteiger partial charge in [0.15, 0.2) is 0 Å². The van der Waals surface area contributed by atoms with Gasteiger partial charge in [-0.1, -0.05) is 6.08 Å². The van der Waals surface area contributed by atoms with Gasteiger partial charge < -0.3 is 0 Å². The Balaban J connectivity index is 2.29. The molecule has 0 amide bonds. The molecule has 0 radical (unpaired) electrons. The van der Waals surface area contributed by atoms with E-state index in [9.17, 15) is 13.2 Å². The first-order chi connectivity index (χ1) is 4.08. The van der Waals surface area contributed by atoms with Crippen molar-refractivity contribution in [2.24, 2.45) is 5.92 Å². The van der Waals surface area contributed by atoms with Gasteiger partial charge in [0.25, 0.3) is 0 Å². The van der Waals surface area contributed by atoms with E-state index in [2.05, 4.69) is 0 Å². The Bertz CT molecular complexity index is 119. The summed E-state index contributed by atoms with van der Waals surface area (Å²) in [4.78, 5) is 0. The van der Waals surface area contributed by atoms with Crippen LogP contribution in [0.15, 0.2) is 12.2 Å². The van der Waals surface area contributed by atoms with Gasteiger partial charge in [-0.05, 0) is 18.8 Å². The van der Waals surface area contributed by atoms with E-state index < -0.39 is 6.18 Å². The number of alkyl halides is 3. The maximum atomic E-state index is 11.4. The molecule has 0 spiro atoms. The van der Waals surface area contributed by atoms with E-state index in [0.717, 1.165) is 12.8 Å². The first-order valence-corrected chi connectivity index (χ1v) is 2.84. The van der Waals surface area contributed by atoms with Gasteiger partial charge in [0.05, 0.1) is 0 Å². The van der Waals surface area contributed by atoms with Gasteiger partial charge in [0.1, 0.15) is 0 Å². The second-order valence-corrected chi connectivity index (χ2v) is 2.24. The van der Waals surface area contributed by atoms with Gasteiger partial charge in [0.2, 0.25) is 0 Å². The molecule has 0 heterocycles.